The molecule has 0 saturated carbocycles. The fourth-order valence-corrected chi connectivity index (χ4v) is 2.96. The van der Waals surface area contributed by atoms with Crippen LogP contribution in [0.1, 0.15) is 29.6 Å². The first-order valence-electron chi connectivity index (χ1n) is 8.16. The zero-order valence-corrected chi connectivity index (χ0v) is 13.7. The van der Waals surface area contributed by atoms with Crippen molar-refractivity contribution >= 4 is 17.3 Å². The first kappa shape index (κ1) is 16.8. The van der Waals surface area contributed by atoms with Crippen LogP contribution in [-0.4, -0.2) is 23.9 Å². The summed E-state index contributed by atoms with van der Waals surface area (Å²) in [5.41, 5.74) is 6.25. The van der Waals surface area contributed by atoms with E-state index in [1.807, 2.05) is 4.90 Å². The van der Waals surface area contributed by atoms with E-state index in [4.69, 9.17) is 10.5 Å². The van der Waals surface area contributed by atoms with Crippen molar-refractivity contribution in [3.05, 3.63) is 58.1 Å². The van der Waals surface area contributed by atoms with E-state index in [1.165, 1.54) is 6.07 Å². The lowest BCUT2D eigenvalue weighted by Gasteiger charge is -2.28. The van der Waals surface area contributed by atoms with Gasteiger partial charge in [-0.15, -0.1) is 0 Å². The Labute approximate surface area is 145 Å². The smallest absolute Gasteiger partial charge is 0.292 e. The van der Waals surface area contributed by atoms with Gasteiger partial charge < -0.3 is 15.4 Å². The van der Waals surface area contributed by atoms with E-state index >= 15 is 0 Å². The molecule has 2 N–H and O–H groups in total. The maximum absolute atomic E-state index is 11.3. The van der Waals surface area contributed by atoms with Gasteiger partial charge in [-0.2, -0.15) is 0 Å². The molecule has 1 amide bonds. The molecule has 1 aliphatic heterocycles. The Hall–Kier alpha value is -3.09. The molecule has 1 heterocycles. The molecule has 0 unspecified atom stereocenters. The summed E-state index contributed by atoms with van der Waals surface area (Å²) in [4.78, 5) is 24.3. The minimum Gasteiger partial charge on any atom is -0.457 e. The van der Waals surface area contributed by atoms with E-state index in [9.17, 15) is 14.9 Å². The van der Waals surface area contributed by atoms with Crippen molar-refractivity contribution in [2.24, 2.45) is 5.73 Å². The lowest BCUT2D eigenvalue weighted by Crippen LogP contribution is -2.29. The van der Waals surface area contributed by atoms with Crippen molar-refractivity contribution in [1.29, 1.82) is 0 Å². The second-order valence-corrected chi connectivity index (χ2v) is 5.95. The zero-order chi connectivity index (χ0) is 17.8. The standard InChI is InChI=1S/C18H19N3O4/c19-18(22)13-5-4-6-14(11-13)25-15-7-8-16(21(23)24)17(12-15)20-9-2-1-3-10-20/h4-8,11-12H,1-3,9-10H2,(H2,19,22). The third-order valence-electron chi connectivity index (χ3n) is 4.19. The van der Waals surface area contributed by atoms with Crippen LogP contribution in [0.25, 0.3) is 0 Å². The first-order valence-corrected chi connectivity index (χ1v) is 8.16. The summed E-state index contributed by atoms with van der Waals surface area (Å²) in [6.45, 7) is 1.59. The SMILES string of the molecule is NC(=O)c1cccc(Oc2ccc([N+](=O)[O-])c(N3CCCCC3)c2)c1. The highest BCUT2D eigenvalue weighted by molar-refractivity contribution is 5.93. The third-order valence-corrected chi connectivity index (χ3v) is 4.19. The highest BCUT2D eigenvalue weighted by atomic mass is 16.6. The van der Waals surface area contributed by atoms with Crippen LogP contribution >= 0.6 is 0 Å². The van der Waals surface area contributed by atoms with Crippen molar-refractivity contribution in [3.8, 4) is 11.5 Å². The van der Waals surface area contributed by atoms with E-state index < -0.39 is 5.91 Å². The predicted molar refractivity (Wildman–Crippen MR) is 94.2 cm³/mol. The maximum atomic E-state index is 11.3. The molecule has 3 rings (SSSR count). The molecule has 7 heteroatoms. The van der Waals surface area contributed by atoms with E-state index in [2.05, 4.69) is 0 Å². The van der Waals surface area contributed by atoms with Gasteiger partial charge in [-0.25, -0.2) is 0 Å². The highest BCUT2D eigenvalue weighted by Gasteiger charge is 2.22. The number of anilines is 1. The number of piperidine rings is 1. The van der Waals surface area contributed by atoms with Crippen LogP contribution in [0.3, 0.4) is 0 Å². The summed E-state index contributed by atoms with van der Waals surface area (Å²) >= 11 is 0. The fourth-order valence-electron chi connectivity index (χ4n) is 2.96. The Morgan fingerprint density at radius 1 is 1.08 bits per heavy atom. The van der Waals surface area contributed by atoms with Gasteiger partial charge in [-0.3, -0.25) is 14.9 Å². The van der Waals surface area contributed by atoms with Crippen molar-refractivity contribution in [2.75, 3.05) is 18.0 Å². The van der Waals surface area contributed by atoms with Gasteiger partial charge in [0.15, 0.2) is 0 Å². The Morgan fingerprint density at radius 2 is 1.80 bits per heavy atom. The van der Waals surface area contributed by atoms with Crippen molar-refractivity contribution in [3.63, 3.8) is 0 Å². The quantitative estimate of drug-likeness (QED) is 0.663. The molecule has 0 radical (unpaired) electrons. The summed E-state index contributed by atoms with van der Waals surface area (Å²) in [5, 5.41) is 11.3. The number of nitro benzene ring substituents is 1. The number of benzene rings is 2. The fraction of sp³-hybridized carbons (Fsp3) is 0.278. The van der Waals surface area contributed by atoms with Gasteiger partial charge in [0.05, 0.1) is 4.92 Å². The molecule has 2 aromatic carbocycles. The van der Waals surface area contributed by atoms with Crippen molar-refractivity contribution in [1.82, 2.24) is 0 Å². The third kappa shape index (κ3) is 3.88. The average molecular weight is 341 g/mol. The first-order chi connectivity index (χ1) is 12.0. The second-order valence-electron chi connectivity index (χ2n) is 5.95. The van der Waals surface area contributed by atoms with Gasteiger partial charge in [0.2, 0.25) is 5.91 Å². The number of hydrogen-bond acceptors (Lipinski definition) is 5. The summed E-state index contributed by atoms with van der Waals surface area (Å²) in [5.74, 6) is 0.394. The molecule has 130 valence electrons. The summed E-state index contributed by atoms with van der Waals surface area (Å²) in [6, 6.07) is 11.2. The Balaban J connectivity index is 1.90. The predicted octanol–water partition coefficient (Wildman–Crippen LogP) is 3.48. The number of carbonyl (C=O) groups is 1. The van der Waals surface area contributed by atoms with Gasteiger partial charge in [0, 0.05) is 30.8 Å². The van der Waals surface area contributed by atoms with Crippen LogP contribution in [-0.2, 0) is 0 Å². The van der Waals surface area contributed by atoms with Gasteiger partial charge in [-0.05, 0) is 43.5 Å². The van der Waals surface area contributed by atoms with Crippen LogP contribution in [0.2, 0.25) is 0 Å². The number of ether oxygens (including phenoxy) is 1. The van der Waals surface area contributed by atoms with Crippen LogP contribution in [0.15, 0.2) is 42.5 Å². The lowest BCUT2D eigenvalue weighted by atomic mass is 10.1. The maximum Gasteiger partial charge on any atom is 0.292 e. The van der Waals surface area contributed by atoms with E-state index in [1.54, 1.807) is 36.4 Å². The monoisotopic (exact) mass is 341 g/mol. The van der Waals surface area contributed by atoms with Gasteiger partial charge >= 0.3 is 0 Å². The van der Waals surface area contributed by atoms with E-state index in [0.29, 0.717) is 22.7 Å². The molecular weight excluding hydrogens is 322 g/mol. The summed E-state index contributed by atoms with van der Waals surface area (Å²) < 4.78 is 5.78. The van der Waals surface area contributed by atoms with Crippen LogP contribution in [0.4, 0.5) is 11.4 Å². The van der Waals surface area contributed by atoms with E-state index in [-0.39, 0.29) is 10.6 Å². The molecule has 0 bridgehead atoms. The van der Waals surface area contributed by atoms with Crippen LogP contribution < -0.4 is 15.4 Å². The normalized spacial score (nSPS) is 14.2. The van der Waals surface area contributed by atoms with Crippen LogP contribution in [0.5, 0.6) is 11.5 Å². The van der Waals surface area contributed by atoms with Crippen molar-refractivity contribution < 1.29 is 14.5 Å². The molecule has 25 heavy (non-hydrogen) atoms. The Kier molecular flexibility index (Phi) is 4.83. The summed E-state index contributed by atoms with van der Waals surface area (Å²) in [7, 11) is 0. The number of amides is 1. The van der Waals surface area contributed by atoms with Gasteiger partial charge in [-0.1, -0.05) is 6.07 Å². The largest absolute Gasteiger partial charge is 0.457 e. The molecular formula is C18H19N3O4. The topological polar surface area (TPSA) is 98.7 Å². The van der Waals surface area contributed by atoms with Gasteiger partial charge in [0.25, 0.3) is 5.69 Å². The number of nitrogens with two attached hydrogens (primary N) is 1. The minimum atomic E-state index is -0.539. The lowest BCUT2D eigenvalue weighted by molar-refractivity contribution is -0.384. The van der Waals surface area contributed by atoms with Crippen molar-refractivity contribution in [2.45, 2.75) is 19.3 Å². The molecule has 7 nitrogen and oxygen atoms in total. The number of rotatable bonds is 5. The van der Waals surface area contributed by atoms with Gasteiger partial charge in [0.1, 0.15) is 17.2 Å². The minimum absolute atomic E-state index is 0.0696. The number of nitrogens with zero attached hydrogens (tertiary/aromatic N) is 2. The second kappa shape index (κ2) is 7.21. The molecule has 1 saturated heterocycles. The summed E-state index contributed by atoms with van der Waals surface area (Å²) in [6.07, 6.45) is 3.17. The Morgan fingerprint density at radius 3 is 2.48 bits per heavy atom. The molecule has 1 aliphatic rings. The van der Waals surface area contributed by atoms with E-state index in [0.717, 1.165) is 32.4 Å². The molecule has 0 aliphatic carbocycles. The number of hydrogen-bond donors (Lipinski definition) is 1. The highest BCUT2D eigenvalue weighted by Crippen LogP contribution is 2.35. The number of primary amides is 1. The van der Waals surface area contributed by atoms with Crippen LogP contribution in [0, 0.1) is 10.1 Å². The molecule has 2 aromatic rings. The average Bonchev–Trinajstić information content (AvgIpc) is 2.62. The molecule has 0 spiro atoms. The zero-order valence-electron chi connectivity index (χ0n) is 13.7. The Bertz CT molecular complexity index is 801. The molecule has 0 aromatic heterocycles. The number of nitro groups is 1. The number of carbonyl (C=O) groups excluding carboxylic acids is 1. The molecule has 0 atom stereocenters. The molecule has 1 fully saturated rings.